The third-order valence-corrected chi connectivity index (χ3v) is 2.69. The fourth-order valence-electron chi connectivity index (χ4n) is 1.74. The number of carboxylic acid groups (broad SMARTS) is 1. The van der Waals surface area contributed by atoms with Gasteiger partial charge in [-0.15, -0.1) is 0 Å². The zero-order valence-corrected chi connectivity index (χ0v) is 10.8. The number of rotatable bonds is 5. The Kier molecular flexibility index (Phi) is 3.79. The molecule has 6 heteroatoms. The molecule has 2 rings (SSSR count). The number of aliphatic carboxylic acids is 1. The summed E-state index contributed by atoms with van der Waals surface area (Å²) in [7, 11) is 1.61. The molecule has 6 nitrogen and oxygen atoms in total. The quantitative estimate of drug-likeness (QED) is 0.884. The van der Waals surface area contributed by atoms with Crippen LogP contribution in [0.4, 0.5) is 0 Å². The molecular formula is C13H15N3O3. The summed E-state index contributed by atoms with van der Waals surface area (Å²) in [6, 6.07) is 7.43. The highest BCUT2D eigenvalue weighted by atomic mass is 16.5. The zero-order chi connectivity index (χ0) is 13.8. The lowest BCUT2D eigenvalue weighted by Gasteiger charge is -2.04. The fraction of sp³-hybridized carbons (Fsp3) is 0.308. The maximum absolute atomic E-state index is 10.5. The molecule has 0 fully saturated rings. The molecule has 0 radical (unpaired) electrons. The van der Waals surface area contributed by atoms with E-state index in [9.17, 15) is 4.79 Å². The lowest BCUT2D eigenvalue weighted by Crippen LogP contribution is -2.01. The van der Waals surface area contributed by atoms with E-state index in [-0.39, 0.29) is 6.42 Å². The molecule has 0 bridgehead atoms. The van der Waals surface area contributed by atoms with E-state index in [1.54, 1.807) is 11.8 Å². The van der Waals surface area contributed by atoms with Gasteiger partial charge in [0.05, 0.1) is 19.2 Å². The lowest BCUT2D eigenvalue weighted by atomic mass is 10.3. The van der Waals surface area contributed by atoms with Crippen LogP contribution < -0.4 is 4.74 Å². The third-order valence-electron chi connectivity index (χ3n) is 2.69. The van der Waals surface area contributed by atoms with Crippen LogP contribution in [0, 0.1) is 6.92 Å². The van der Waals surface area contributed by atoms with Crippen LogP contribution in [0.3, 0.4) is 0 Å². The summed E-state index contributed by atoms with van der Waals surface area (Å²) in [5.41, 5.74) is 0.868. The Morgan fingerprint density at radius 1 is 1.37 bits per heavy atom. The van der Waals surface area contributed by atoms with Crippen LogP contribution in [0.5, 0.6) is 5.75 Å². The number of ether oxygens (including phenoxy) is 1. The van der Waals surface area contributed by atoms with Crippen molar-refractivity contribution in [2.24, 2.45) is 0 Å². The normalized spacial score (nSPS) is 10.4. The van der Waals surface area contributed by atoms with Gasteiger partial charge in [-0.25, -0.2) is 9.67 Å². The van der Waals surface area contributed by atoms with Crippen molar-refractivity contribution in [2.45, 2.75) is 19.8 Å². The van der Waals surface area contributed by atoms with Crippen LogP contribution in [0.2, 0.25) is 0 Å². The molecule has 19 heavy (non-hydrogen) atoms. The van der Waals surface area contributed by atoms with Crippen molar-refractivity contribution in [3.05, 3.63) is 35.9 Å². The number of benzene rings is 1. The van der Waals surface area contributed by atoms with Gasteiger partial charge in [0.25, 0.3) is 0 Å². The Balaban J connectivity index is 2.21. The first kappa shape index (κ1) is 13.1. The van der Waals surface area contributed by atoms with Crippen LogP contribution in [-0.2, 0) is 11.2 Å². The summed E-state index contributed by atoms with van der Waals surface area (Å²) in [5.74, 6) is 1.19. The van der Waals surface area contributed by atoms with E-state index in [1.807, 2.05) is 31.2 Å². The highest BCUT2D eigenvalue weighted by molar-refractivity contribution is 5.66. The van der Waals surface area contributed by atoms with Gasteiger partial charge in [0.2, 0.25) is 0 Å². The standard InChI is InChI=1S/C13H15N3O3/c1-9-14-12(7-8-13(17)18)15-16(9)10-3-5-11(19-2)6-4-10/h3-6H,7-8H2,1-2H3,(H,17,18). The number of hydrogen-bond donors (Lipinski definition) is 1. The van der Waals surface area contributed by atoms with E-state index in [2.05, 4.69) is 10.1 Å². The molecule has 2 aromatic rings. The van der Waals surface area contributed by atoms with Crippen molar-refractivity contribution >= 4 is 5.97 Å². The van der Waals surface area contributed by atoms with Crippen LogP contribution in [0.15, 0.2) is 24.3 Å². The Hall–Kier alpha value is -2.37. The molecule has 0 aliphatic rings. The largest absolute Gasteiger partial charge is 0.497 e. The van der Waals surface area contributed by atoms with Crippen molar-refractivity contribution in [1.29, 1.82) is 0 Å². The molecule has 1 aromatic heterocycles. The number of hydrogen-bond acceptors (Lipinski definition) is 4. The molecule has 0 amide bonds. The average molecular weight is 261 g/mol. The summed E-state index contributed by atoms with van der Waals surface area (Å²) in [6.45, 7) is 1.83. The maximum atomic E-state index is 10.5. The number of aryl methyl sites for hydroxylation is 2. The van der Waals surface area contributed by atoms with Gasteiger partial charge < -0.3 is 9.84 Å². The van der Waals surface area contributed by atoms with E-state index in [0.29, 0.717) is 12.2 Å². The second kappa shape index (κ2) is 5.51. The molecule has 0 saturated heterocycles. The van der Waals surface area contributed by atoms with E-state index < -0.39 is 5.97 Å². The van der Waals surface area contributed by atoms with Crippen molar-refractivity contribution in [1.82, 2.24) is 14.8 Å². The van der Waals surface area contributed by atoms with Gasteiger partial charge in [0.1, 0.15) is 11.6 Å². The highest BCUT2D eigenvalue weighted by Gasteiger charge is 2.09. The first-order valence-corrected chi connectivity index (χ1v) is 5.89. The Labute approximate surface area is 110 Å². The van der Waals surface area contributed by atoms with E-state index in [4.69, 9.17) is 9.84 Å². The molecule has 1 heterocycles. The first-order chi connectivity index (χ1) is 9.10. The molecular weight excluding hydrogens is 246 g/mol. The molecule has 100 valence electrons. The minimum Gasteiger partial charge on any atom is -0.497 e. The number of nitrogens with zero attached hydrogens (tertiary/aromatic N) is 3. The number of carbonyl (C=O) groups is 1. The van der Waals surface area contributed by atoms with E-state index in [0.717, 1.165) is 17.3 Å². The Bertz CT molecular complexity index is 575. The monoisotopic (exact) mass is 261 g/mol. The second-order valence-corrected chi connectivity index (χ2v) is 4.08. The topological polar surface area (TPSA) is 77.2 Å². The average Bonchev–Trinajstić information content (AvgIpc) is 2.78. The molecule has 0 spiro atoms. The Morgan fingerprint density at radius 3 is 2.63 bits per heavy atom. The highest BCUT2D eigenvalue weighted by Crippen LogP contribution is 2.15. The predicted octanol–water partition coefficient (Wildman–Crippen LogP) is 1.60. The summed E-state index contributed by atoms with van der Waals surface area (Å²) >= 11 is 0. The molecule has 0 aliphatic carbocycles. The summed E-state index contributed by atoms with van der Waals surface area (Å²) < 4.78 is 6.79. The van der Waals surface area contributed by atoms with Gasteiger partial charge in [0, 0.05) is 6.42 Å². The smallest absolute Gasteiger partial charge is 0.303 e. The minimum absolute atomic E-state index is 0.0338. The summed E-state index contributed by atoms with van der Waals surface area (Å²) in [5, 5.41) is 13.0. The summed E-state index contributed by atoms with van der Waals surface area (Å²) in [6.07, 6.45) is 0.366. The fourth-order valence-corrected chi connectivity index (χ4v) is 1.74. The third kappa shape index (κ3) is 3.09. The van der Waals surface area contributed by atoms with Crippen molar-refractivity contribution in [3.8, 4) is 11.4 Å². The first-order valence-electron chi connectivity index (χ1n) is 5.89. The van der Waals surface area contributed by atoms with Crippen LogP contribution in [-0.4, -0.2) is 33.0 Å². The molecule has 0 unspecified atom stereocenters. The van der Waals surface area contributed by atoms with Gasteiger partial charge >= 0.3 is 5.97 Å². The van der Waals surface area contributed by atoms with Crippen LogP contribution >= 0.6 is 0 Å². The van der Waals surface area contributed by atoms with Crippen molar-refractivity contribution < 1.29 is 14.6 Å². The number of carboxylic acids is 1. The number of methoxy groups -OCH3 is 1. The molecule has 1 N–H and O–H groups in total. The van der Waals surface area contributed by atoms with Gasteiger partial charge in [0.15, 0.2) is 5.82 Å². The van der Waals surface area contributed by atoms with Gasteiger partial charge in [-0.3, -0.25) is 4.79 Å². The minimum atomic E-state index is -0.849. The van der Waals surface area contributed by atoms with Gasteiger partial charge in [-0.05, 0) is 31.2 Å². The zero-order valence-electron chi connectivity index (χ0n) is 10.8. The Morgan fingerprint density at radius 2 is 2.05 bits per heavy atom. The van der Waals surface area contributed by atoms with Gasteiger partial charge in [-0.2, -0.15) is 5.10 Å². The van der Waals surface area contributed by atoms with Crippen LogP contribution in [0.25, 0.3) is 5.69 Å². The van der Waals surface area contributed by atoms with E-state index >= 15 is 0 Å². The predicted molar refractivity (Wildman–Crippen MR) is 68.6 cm³/mol. The lowest BCUT2D eigenvalue weighted by molar-refractivity contribution is -0.137. The SMILES string of the molecule is COc1ccc(-n2nc(CCC(=O)O)nc2C)cc1. The van der Waals surface area contributed by atoms with Crippen molar-refractivity contribution in [2.75, 3.05) is 7.11 Å². The number of aromatic nitrogens is 3. The van der Waals surface area contributed by atoms with Crippen LogP contribution in [0.1, 0.15) is 18.1 Å². The molecule has 1 aromatic carbocycles. The molecule has 0 saturated carbocycles. The van der Waals surface area contributed by atoms with Crippen molar-refractivity contribution in [3.63, 3.8) is 0 Å². The molecule has 0 aliphatic heterocycles. The van der Waals surface area contributed by atoms with E-state index in [1.165, 1.54) is 0 Å². The maximum Gasteiger partial charge on any atom is 0.303 e. The van der Waals surface area contributed by atoms with Gasteiger partial charge in [-0.1, -0.05) is 0 Å². The second-order valence-electron chi connectivity index (χ2n) is 4.08. The molecule has 0 atom stereocenters. The summed E-state index contributed by atoms with van der Waals surface area (Å²) in [4.78, 5) is 14.8.